The molecular weight excluding hydrogens is 846 g/mol. The van der Waals surface area contributed by atoms with Crippen molar-refractivity contribution in [1.29, 1.82) is 0 Å². The molecule has 2 aliphatic rings. The van der Waals surface area contributed by atoms with Crippen LogP contribution in [0.1, 0.15) is 79.0 Å². The molecule has 0 amide bonds. The van der Waals surface area contributed by atoms with Crippen LogP contribution in [0.2, 0.25) is 0 Å². The third kappa shape index (κ3) is 5.99. The van der Waals surface area contributed by atoms with Gasteiger partial charge in [0, 0.05) is 65.1 Å². The highest BCUT2D eigenvalue weighted by atomic mass is 32.1. The summed E-state index contributed by atoms with van der Waals surface area (Å²) >= 11 is 1.88. The summed E-state index contributed by atoms with van der Waals surface area (Å²) in [6.07, 6.45) is 0. The molecule has 2 aliphatic heterocycles. The zero-order chi connectivity index (χ0) is 46.6. The van der Waals surface area contributed by atoms with Crippen LogP contribution in [0.4, 0.5) is 34.1 Å². The van der Waals surface area contributed by atoms with Crippen LogP contribution in [0.15, 0.2) is 168 Å². The van der Waals surface area contributed by atoms with Crippen molar-refractivity contribution in [3.8, 4) is 5.69 Å². The second-order valence-electron chi connectivity index (χ2n) is 22.2. The molecule has 0 unspecified atom stereocenters. The molecule has 0 atom stereocenters. The number of rotatable bonds is 4. The Kier molecular flexibility index (Phi) is 8.64. The minimum absolute atomic E-state index is 0.0280. The van der Waals surface area contributed by atoms with Gasteiger partial charge in [-0.3, -0.25) is 0 Å². The van der Waals surface area contributed by atoms with E-state index in [-0.39, 0.29) is 23.0 Å². The lowest BCUT2D eigenvalue weighted by molar-refractivity contribution is 0.590. The van der Waals surface area contributed by atoms with E-state index >= 15 is 0 Å². The van der Waals surface area contributed by atoms with E-state index in [4.69, 9.17) is 4.42 Å². The van der Waals surface area contributed by atoms with Gasteiger partial charge in [0.05, 0.1) is 11.2 Å². The van der Waals surface area contributed by atoms with Crippen molar-refractivity contribution in [3.63, 3.8) is 0 Å². The zero-order valence-corrected chi connectivity index (χ0v) is 41.1. The molecule has 332 valence electrons. The van der Waals surface area contributed by atoms with Crippen LogP contribution < -0.4 is 26.2 Å². The number of thiophene rings is 1. The molecule has 6 heteroatoms. The summed E-state index contributed by atoms with van der Waals surface area (Å²) in [6.45, 7) is 20.8. The molecule has 0 bridgehead atoms. The summed E-state index contributed by atoms with van der Waals surface area (Å²) < 4.78 is 12.0. The van der Waals surface area contributed by atoms with E-state index in [1.165, 1.54) is 81.5 Å². The molecule has 0 saturated carbocycles. The van der Waals surface area contributed by atoms with Crippen LogP contribution in [-0.2, 0) is 16.2 Å². The monoisotopic (exact) mass is 899 g/mol. The molecule has 0 fully saturated rings. The van der Waals surface area contributed by atoms with Gasteiger partial charge in [0.25, 0.3) is 6.71 Å². The number of nitrogens with zero attached hydrogens (tertiary/aromatic N) is 3. The van der Waals surface area contributed by atoms with Crippen molar-refractivity contribution in [3.05, 3.63) is 180 Å². The lowest BCUT2D eigenvalue weighted by Gasteiger charge is -2.42. The number of fused-ring (bicyclic) bond motifs is 12. The van der Waals surface area contributed by atoms with Crippen molar-refractivity contribution in [2.75, 3.05) is 9.80 Å². The maximum Gasteiger partial charge on any atom is 0.252 e. The summed E-state index contributed by atoms with van der Waals surface area (Å²) in [4.78, 5) is 5.09. The Morgan fingerprint density at radius 2 is 1.04 bits per heavy atom. The number of aromatic nitrogens is 1. The number of para-hydroxylation sites is 2. The van der Waals surface area contributed by atoms with Crippen LogP contribution in [0.3, 0.4) is 0 Å². The van der Waals surface area contributed by atoms with E-state index in [2.05, 4.69) is 240 Å². The molecule has 0 radical (unpaired) electrons. The van der Waals surface area contributed by atoms with Gasteiger partial charge in [0.1, 0.15) is 11.1 Å². The highest BCUT2D eigenvalue weighted by Crippen LogP contribution is 2.50. The van der Waals surface area contributed by atoms with E-state index in [1.807, 2.05) is 11.3 Å². The first-order valence-corrected chi connectivity index (χ1v) is 24.9. The number of anilines is 6. The summed E-state index contributed by atoms with van der Waals surface area (Å²) in [5.74, 6) is 0. The summed E-state index contributed by atoms with van der Waals surface area (Å²) in [6, 6.07) is 62.0. The van der Waals surface area contributed by atoms with Crippen LogP contribution in [0, 0.1) is 0 Å². The Bertz CT molecular complexity index is 3810. The predicted octanol–water partition coefficient (Wildman–Crippen LogP) is 15.9. The lowest BCUT2D eigenvalue weighted by Crippen LogP contribution is -2.60. The van der Waals surface area contributed by atoms with E-state index < -0.39 is 0 Å². The molecule has 0 N–H and O–H groups in total. The molecule has 0 spiro atoms. The third-order valence-electron chi connectivity index (χ3n) is 14.8. The Hall–Kier alpha value is -7.02. The Labute approximate surface area is 403 Å². The molecule has 68 heavy (non-hydrogen) atoms. The van der Waals surface area contributed by atoms with Gasteiger partial charge >= 0.3 is 0 Å². The number of furan rings is 1. The molecule has 4 nitrogen and oxygen atoms in total. The largest absolute Gasteiger partial charge is 0.454 e. The van der Waals surface area contributed by atoms with E-state index in [9.17, 15) is 0 Å². The quantitative estimate of drug-likeness (QED) is 0.165. The average molecular weight is 900 g/mol. The Balaban J connectivity index is 1.15. The van der Waals surface area contributed by atoms with Gasteiger partial charge in [0.2, 0.25) is 0 Å². The topological polar surface area (TPSA) is 24.6 Å². The van der Waals surface area contributed by atoms with Gasteiger partial charge < -0.3 is 18.8 Å². The maximum absolute atomic E-state index is 6.84. The molecule has 5 heterocycles. The summed E-state index contributed by atoms with van der Waals surface area (Å²) in [5.41, 5.74) is 20.2. The van der Waals surface area contributed by atoms with Crippen LogP contribution in [0.25, 0.3) is 58.8 Å². The van der Waals surface area contributed by atoms with Crippen molar-refractivity contribution < 1.29 is 4.42 Å². The first-order chi connectivity index (χ1) is 32.6. The number of hydrogen-bond acceptors (Lipinski definition) is 4. The minimum Gasteiger partial charge on any atom is -0.454 e. The Morgan fingerprint density at radius 1 is 0.456 bits per heavy atom. The minimum atomic E-state index is -0.147. The van der Waals surface area contributed by atoms with Gasteiger partial charge in [-0.1, -0.05) is 141 Å². The van der Waals surface area contributed by atoms with Crippen LogP contribution >= 0.6 is 11.3 Å². The van der Waals surface area contributed by atoms with Gasteiger partial charge in [-0.25, -0.2) is 0 Å². The number of benzene rings is 8. The fourth-order valence-electron chi connectivity index (χ4n) is 11.3. The van der Waals surface area contributed by atoms with Gasteiger partial charge in [-0.05, 0) is 134 Å². The summed E-state index contributed by atoms with van der Waals surface area (Å²) in [7, 11) is 0. The van der Waals surface area contributed by atoms with Gasteiger partial charge in [-0.2, -0.15) is 0 Å². The fourth-order valence-corrected chi connectivity index (χ4v) is 12.5. The molecule has 11 aromatic rings. The van der Waals surface area contributed by atoms with E-state index in [0.29, 0.717) is 0 Å². The SMILES string of the molecule is CC(C)(C)c1ccc(N(c2ccc(C(C)(C)C)cc2)c2ccc3c(c2)N(c2cccc4sc5ccccc5c24)c2cc(C(C)(C)C)cc4c2B3c2cccc3c5oc6ccccc6c5n-4c23)cc1. The van der Waals surface area contributed by atoms with Gasteiger partial charge in [0.15, 0.2) is 5.58 Å². The predicted molar refractivity (Wildman–Crippen MR) is 294 cm³/mol. The average Bonchev–Trinajstić information content (AvgIpc) is 3.99. The Morgan fingerprint density at radius 3 is 1.74 bits per heavy atom. The van der Waals surface area contributed by atoms with Crippen molar-refractivity contribution in [2.45, 2.75) is 78.6 Å². The second kappa shape index (κ2) is 14.3. The lowest BCUT2D eigenvalue weighted by atomic mass is 9.33. The first kappa shape index (κ1) is 41.2. The van der Waals surface area contributed by atoms with Crippen molar-refractivity contribution in [1.82, 2.24) is 4.57 Å². The second-order valence-corrected chi connectivity index (χ2v) is 23.3. The zero-order valence-electron chi connectivity index (χ0n) is 40.3. The van der Waals surface area contributed by atoms with E-state index in [0.717, 1.165) is 44.5 Å². The first-order valence-electron chi connectivity index (χ1n) is 24.1. The molecule has 0 saturated heterocycles. The normalized spacial score (nSPS) is 13.6. The summed E-state index contributed by atoms with van der Waals surface area (Å²) in [5, 5.41) is 4.86. The van der Waals surface area contributed by atoms with Gasteiger partial charge in [-0.15, -0.1) is 11.3 Å². The number of hydrogen-bond donors (Lipinski definition) is 0. The highest BCUT2D eigenvalue weighted by Gasteiger charge is 2.44. The molecule has 13 rings (SSSR count). The maximum atomic E-state index is 6.84. The van der Waals surface area contributed by atoms with Crippen molar-refractivity contribution in [2.24, 2.45) is 0 Å². The molecule has 0 aliphatic carbocycles. The fraction of sp³-hybridized carbons (Fsp3) is 0.194. The third-order valence-corrected chi connectivity index (χ3v) is 16.0. The molecular formula is C62H54BN3OS. The standard InChI is InChI=1S/C62H54BN3OS/c1-60(2,3)37-24-28-40(29-25-37)64(41-30-26-38(27-31-41)61(4,5)6)42-32-33-46-49(36-42)65(48-20-15-23-54-55(48)44-17-11-13-22-53(44)68-54)50-34-39(62(7,8)9)35-51-56(50)63(46)47-19-14-18-45-57(47)66(51)58-43-16-10-12-21-52(43)67-59(45)58/h10-36H,1-9H3. The van der Waals surface area contributed by atoms with Crippen molar-refractivity contribution >= 4 is 122 Å². The highest BCUT2D eigenvalue weighted by molar-refractivity contribution is 7.26. The molecule has 8 aromatic carbocycles. The van der Waals surface area contributed by atoms with Crippen LogP contribution in [-0.4, -0.2) is 11.3 Å². The smallest absolute Gasteiger partial charge is 0.252 e. The van der Waals surface area contributed by atoms with E-state index in [1.54, 1.807) is 0 Å². The van der Waals surface area contributed by atoms with Crippen LogP contribution in [0.5, 0.6) is 0 Å². The molecule has 3 aromatic heterocycles.